The highest BCUT2D eigenvalue weighted by molar-refractivity contribution is 6.20. The van der Waals surface area contributed by atoms with E-state index in [0.717, 1.165) is 57.2 Å². The maximum Gasteiger partial charge on any atom is 0.0594 e. The van der Waals surface area contributed by atoms with E-state index in [2.05, 4.69) is 37.9 Å². The van der Waals surface area contributed by atoms with E-state index in [-0.39, 0.29) is 0 Å². The van der Waals surface area contributed by atoms with Gasteiger partial charge in [-0.3, -0.25) is 0 Å². The topological polar surface area (TPSA) is 44.7 Å². The van der Waals surface area contributed by atoms with Crippen molar-refractivity contribution in [2.45, 2.75) is 103 Å². The molecular weight excluding hydrogens is 420 g/mol. The Kier molecular flexibility index (Phi) is 10.6. The fraction of sp³-hybridized carbons (Fsp3) is 1.00. The van der Waals surface area contributed by atoms with Crippen molar-refractivity contribution in [1.82, 2.24) is 10.2 Å². The third kappa shape index (κ3) is 7.83. The largest absolute Gasteiger partial charge is 0.396 e. The Morgan fingerprint density at radius 1 is 1.03 bits per heavy atom. The summed E-state index contributed by atoms with van der Waals surface area (Å²) in [6.45, 7) is 15.4. The molecule has 4 nitrogen and oxygen atoms in total. The normalized spacial score (nSPS) is 35.2. The van der Waals surface area contributed by atoms with E-state index in [1.54, 1.807) is 0 Å². The average Bonchev–Trinajstić information content (AvgIpc) is 2.76. The van der Waals surface area contributed by atoms with Gasteiger partial charge in [0, 0.05) is 37.7 Å². The molecule has 2 N–H and O–H groups in total. The predicted molar refractivity (Wildman–Crippen MR) is 135 cm³/mol. The highest BCUT2D eigenvalue weighted by atomic mass is 35.5. The molecule has 0 aromatic rings. The molecule has 3 rings (SSSR count). The molecule has 0 amide bonds. The molecule has 0 spiro atoms. The van der Waals surface area contributed by atoms with Gasteiger partial charge in [-0.1, -0.05) is 27.7 Å². The SMILES string of the molecule is CC(C)[C@H](CN1CCC(C2CCC(Cl)CC2)C(C)(C)C1)NCCOC1CCC(CO)CC1. The fourth-order valence-electron chi connectivity index (χ4n) is 6.74. The number of ether oxygens (including phenoxy) is 1. The van der Waals surface area contributed by atoms with E-state index in [9.17, 15) is 5.11 Å². The molecule has 32 heavy (non-hydrogen) atoms. The van der Waals surface area contributed by atoms with Gasteiger partial charge in [0.2, 0.25) is 0 Å². The van der Waals surface area contributed by atoms with Gasteiger partial charge in [0.1, 0.15) is 0 Å². The summed E-state index contributed by atoms with van der Waals surface area (Å²) < 4.78 is 6.15. The van der Waals surface area contributed by atoms with E-state index < -0.39 is 0 Å². The number of piperidine rings is 1. The van der Waals surface area contributed by atoms with Gasteiger partial charge in [-0.25, -0.2) is 0 Å². The summed E-state index contributed by atoms with van der Waals surface area (Å²) in [4.78, 5) is 2.72. The van der Waals surface area contributed by atoms with Crippen molar-refractivity contribution < 1.29 is 9.84 Å². The van der Waals surface area contributed by atoms with Crippen molar-refractivity contribution in [3.63, 3.8) is 0 Å². The lowest BCUT2D eigenvalue weighted by molar-refractivity contribution is 0.000501. The maximum atomic E-state index is 9.30. The van der Waals surface area contributed by atoms with Gasteiger partial charge in [-0.15, -0.1) is 11.6 Å². The molecule has 1 unspecified atom stereocenters. The lowest BCUT2D eigenvalue weighted by atomic mass is 9.64. The zero-order valence-corrected chi connectivity index (χ0v) is 22.1. The molecule has 0 aromatic heterocycles. The Morgan fingerprint density at radius 2 is 1.72 bits per heavy atom. The van der Waals surface area contributed by atoms with Crippen molar-refractivity contribution in [1.29, 1.82) is 0 Å². The number of likely N-dealkylation sites (tertiary alicyclic amines) is 1. The quantitative estimate of drug-likeness (QED) is 0.335. The molecular formula is C27H51ClN2O2. The van der Waals surface area contributed by atoms with E-state index in [1.165, 1.54) is 45.2 Å². The number of alkyl halides is 1. The summed E-state index contributed by atoms with van der Waals surface area (Å²) in [5.41, 5.74) is 0.389. The summed E-state index contributed by atoms with van der Waals surface area (Å²) in [7, 11) is 0. The van der Waals surface area contributed by atoms with Crippen LogP contribution in [0.1, 0.15) is 85.5 Å². The van der Waals surface area contributed by atoms with Crippen LogP contribution in [0.5, 0.6) is 0 Å². The van der Waals surface area contributed by atoms with Gasteiger partial charge in [0.15, 0.2) is 0 Å². The minimum atomic E-state index is 0.340. The third-order valence-electron chi connectivity index (χ3n) is 8.84. The zero-order chi connectivity index (χ0) is 23.1. The predicted octanol–water partition coefficient (Wildman–Crippen LogP) is 5.31. The highest BCUT2D eigenvalue weighted by Crippen LogP contribution is 2.45. The highest BCUT2D eigenvalue weighted by Gasteiger charge is 2.41. The molecule has 2 saturated carbocycles. The smallest absolute Gasteiger partial charge is 0.0594 e. The first-order valence-corrected chi connectivity index (χ1v) is 14.0. The summed E-state index contributed by atoms with van der Waals surface area (Å²) in [5, 5.41) is 13.5. The van der Waals surface area contributed by atoms with E-state index in [4.69, 9.17) is 16.3 Å². The number of aliphatic hydroxyl groups excluding tert-OH is 1. The molecule has 2 aliphatic carbocycles. The minimum absolute atomic E-state index is 0.340. The Morgan fingerprint density at radius 3 is 2.31 bits per heavy atom. The number of aliphatic hydroxyl groups is 1. The summed E-state index contributed by atoms with van der Waals surface area (Å²) in [6, 6.07) is 0.516. The van der Waals surface area contributed by atoms with Crippen LogP contribution in [0.3, 0.4) is 0 Å². The molecule has 0 aromatic carbocycles. The second-order valence-electron chi connectivity index (χ2n) is 12.1. The first-order chi connectivity index (χ1) is 15.3. The van der Waals surface area contributed by atoms with Crippen LogP contribution in [0.25, 0.3) is 0 Å². The van der Waals surface area contributed by atoms with E-state index in [0.29, 0.717) is 41.4 Å². The van der Waals surface area contributed by atoms with Crippen LogP contribution in [0.4, 0.5) is 0 Å². The van der Waals surface area contributed by atoms with Crippen LogP contribution in [0.15, 0.2) is 0 Å². The fourth-order valence-corrected chi connectivity index (χ4v) is 6.99. The van der Waals surface area contributed by atoms with Crippen LogP contribution < -0.4 is 5.32 Å². The van der Waals surface area contributed by atoms with Gasteiger partial charge < -0.3 is 20.1 Å². The Bertz CT molecular complexity index is 528. The van der Waals surface area contributed by atoms with Crippen molar-refractivity contribution >= 4 is 11.6 Å². The molecule has 3 fully saturated rings. The van der Waals surface area contributed by atoms with Crippen molar-refractivity contribution in [3.8, 4) is 0 Å². The second-order valence-corrected chi connectivity index (χ2v) is 12.7. The van der Waals surface area contributed by atoms with Gasteiger partial charge in [0.25, 0.3) is 0 Å². The van der Waals surface area contributed by atoms with Crippen LogP contribution in [-0.2, 0) is 4.74 Å². The van der Waals surface area contributed by atoms with Crippen LogP contribution in [-0.4, -0.2) is 66.9 Å². The summed E-state index contributed by atoms with van der Waals surface area (Å²) in [5.74, 6) is 2.85. The molecule has 188 valence electrons. The monoisotopic (exact) mass is 470 g/mol. The zero-order valence-electron chi connectivity index (χ0n) is 21.3. The van der Waals surface area contributed by atoms with Gasteiger partial charge >= 0.3 is 0 Å². The number of hydrogen-bond donors (Lipinski definition) is 2. The summed E-state index contributed by atoms with van der Waals surface area (Å²) in [6.07, 6.45) is 11.3. The first kappa shape index (κ1) is 26.7. The number of nitrogens with one attached hydrogen (secondary N) is 1. The molecule has 5 heteroatoms. The number of halogens is 1. The molecule has 1 heterocycles. The molecule has 3 aliphatic rings. The number of rotatable bonds is 10. The Labute approximate surface area is 203 Å². The molecule has 1 saturated heterocycles. The molecule has 0 radical (unpaired) electrons. The lowest BCUT2D eigenvalue weighted by Gasteiger charge is -2.49. The van der Waals surface area contributed by atoms with Crippen molar-refractivity contribution in [2.24, 2.45) is 29.1 Å². The average molecular weight is 471 g/mol. The van der Waals surface area contributed by atoms with Crippen molar-refractivity contribution in [3.05, 3.63) is 0 Å². The van der Waals surface area contributed by atoms with Gasteiger partial charge in [-0.05, 0) is 93.4 Å². The standard InChI is InChI=1S/C27H51ClN2O2/c1-20(2)26(29-14-16-32-24-11-5-21(18-31)6-12-24)17-30-15-13-25(27(3,4)19-30)22-7-9-23(28)10-8-22/h20-26,29,31H,5-19H2,1-4H3/t21?,22?,23?,24?,25?,26-/m0/s1. The molecule has 1 aliphatic heterocycles. The molecule has 0 bridgehead atoms. The Hall–Kier alpha value is 0.130. The van der Waals surface area contributed by atoms with Gasteiger partial charge in [-0.2, -0.15) is 0 Å². The van der Waals surface area contributed by atoms with Gasteiger partial charge in [0.05, 0.1) is 12.7 Å². The van der Waals surface area contributed by atoms with E-state index in [1.807, 2.05) is 0 Å². The summed E-state index contributed by atoms with van der Waals surface area (Å²) >= 11 is 6.38. The second kappa shape index (κ2) is 12.7. The lowest BCUT2D eigenvalue weighted by Crippen LogP contribution is -2.53. The van der Waals surface area contributed by atoms with Crippen LogP contribution >= 0.6 is 11.6 Å². The molecule has 2 atom stereocenters. The van der Waals surface area contributed by atoms with Crippen LogP contribution in [0, 0.1) is 29.1 Å². The third-order valence-corrected chi connectivity index (χ3v) is 9.27. The maximum absolute atomic E-state index is 9.30. The number of nitrogens with zero attached hydrogens (tertiary/aromatic N) is 1. The minimum Gasteiger partial charge on any atom is -0.396 e. The van der Waals surface area contributed by atoms with Crippen molar-refractivity contribution in [2.75, 3.05) is 39.4 Å². The van der Waals surface area contributed by atoms with E-state index >= 15 is 0 Å². The number of hydrogen-bond acceptors (Lipinski definition) is 4. The Balaban J connectivity index is 1.39. The van der Waals surface area contributed by atoms with Crippen LogP contribution in [0.2, 0.25) is 0 Å². The first-order valence-electron chi connectivity index (χ1n) is 13.6.